The van der Waals surface area contributed by atoms with Gasteiger partial charge in [-0.05, 0) is 61.1 Å². The van der Waals surface area contributed by atoms with Crippen LogP contribution in [-0.4, -0.2) is 19.9 Å². The zero-order chi connectivity index (χ0) is 49.0. The third-order valence-corrected chi connectivity index (χ3v) is 8.49. The van der Waals surface area contributed by atoms with Crippen LogP contribution >= 0.6 is 35.0 Å². The van der Waals surface area contributed by atoms with Gasteiger partial charge in [-0.2, -0.15) is 0 Å². The van der Waals surface area contributed by atoms with Crippen molar-refractivity contribution in [3.8, 4) is 22.8 Å². The van der Waals surface area contributed by atoms with Crippen LogP contribution in [0.1, 0.15) is 84.0 Å². The molecule has 0 aliphatic heterocycles. The van der Waals surface area contributed by atoms with Crippen LogP contribution in [0.3, 0.4) is 0 Å². The molecule has 64 heavy (non-hydrogen) atoms. The van der Waals surface area contributed by atoms with E-state index in [1.165, 1.54) is 22.3 Å². The standard InChI is InChI=1S/C22H12N4.2C10H14.2ClH.2F6P.2Ru/c1-5-13-17(14-6-2-10-24-20(14)19(13)23-9-1)18-15-7-3-11-25-21(15)22-16(18)8-4-12-26-22;2*1-8(2)10-6-4-9(3)5-7-10;;;2*1-7(2,3,4,5)6;;/h1-12H;2*4-8H,1-3H3;2*1H;;;;/q;;;;;2*-1;2*+2/p-2. The fraction of sp³-hybridized carbons (Fsp3) is 0.190. The molecular formula is C42H40Cl2F12N4P2Ru2. The number of nitrogens with zero attached hydrogens (tertiary/aromatic N) is 4. The predicted octanol–water partition coefficient (Wildman–Crippen LogP) is 18.6. The summed E-state index contributed by atoms with van der Waals surface area (Å²) in [7, 11) is -12.2. The van der Waals surface area contributed by atoms with Crippen molar-refractivity contribution < 1.29 is 85.0 Å². The second-order valence-corrected chi connectivity index (χ2v) is 18.2. The summed E-state index contributed by atoms with van der Waals surface area (Å²) in [5.41, 5.74) is 16.1. The van der Waals surface area contributed by atoms with Crippen LogP contribution in [0.4, 0.5) is 50.4 Å². The Bertz CT molecular complexity index is 2220. The van der Waals surface area contributed by atoms with Crippen molar-refractivity contribution in [1.82, 2.24) is 19.9 Å². The molecule has 0 fully saturated rings. The molecule has 2 aromatic carbocycles. The van der Waals surface area contributed by atoms with Crippen molar-refractivity contribution in [2.75, 3.05) is 0 Å². The Hall–Kier alpha value is -3.37. The monoisotopic (exact) mass is 1160 g/mol. The molecule has 0 radical (unpaired) electrons. The maximum atomic E-state index is 9.87. The number of benzene rings is 2. The first-order chi connectivity index (χ1) is 29.2. The van der Waals surface area contributed by atoms with Gasteiger partial charge in [-0.3, -0.25) is 19.9 Å². The van der Waals surface area contributed by atoms with Crippen molar-refractivity contribution in [3.05, 3.63) is 166 Å². The van der Waals surface area contributed by atoms with Crippen molar-refractivity contribution in [3.63, 3.8) is 0 Å². The Balaban J connectivity index is 0.000000310. The van der Waals surface area contributed by atoms with Crippen molar-refractivity contribution in [2.45, 2.75) is 53.4 Å². The van der Waals surface area contributed by atoms with E-state index in [0.717, 1.165) is 56.2 Å². The summed E-state index contributed by atoms with van der Waals surface area (Å²) in [5.74, 6) is 1.31. The molecule has 8 rings (SSSR count). The summed E-state index contributed by atoms with van der Waals surface area (Å²) in [6.45, 7) is 13.1. The van der Waals surface area contributed by atoms with Gasteiger partial charge in [0.15, 0.2) is 0 Å². The van der Waals surface area contributed by atoms with Gasteiger partial charge in [0.25, 0.3) is 0 Å². The largest absolute Gasteiger partial charge is 0.254 e. The Morgan fingerprint density at radius 3 is 0.734 bits per heavy atom. The molecule has 4 nitrogen and oxygen atoms in total. The van der Waals surface area contributed by atoms with Crippen LogP contribution < -0.4 is 0 Å². The van der Waals surface area contributed by atoms with E-state index in [4.69, 9.17) is 0 Å². The molecule has 4 heterocycles. The fourth-order valence-corrected chi connectivity index (χ4v) is 5.91. The number of pyridine rings is 4. The molecule has 352 valence electrons. The van der Waals surface area contributed by atoms with Crippen LogP contribution in [-0.2, 0) is 34.6 Å². The first kappa shape index (κ1) is 56.8. The molecule has 0 unspecified atom stereocenters. The van der Waals surface area contributed by atoms with Crippen LogP contribution in [0.15, 0.2) is 122 Å². The molecule has 2 aliphatic rings. The van der Waals surface area contributed by atoms with E-state index in [1.807, 2.05) is 83.7 Å². The van der Waals surface area contributed by atoms with Crippen molar-refractivity contribution in [2.24, 2.45) is 0 Å². The molecule has 4 aromatic heterocycles. The number of aryl methyl sites for hydroxylation is 2. The SMILES string of the molecule is Cc1ccc(C(C)C)cc1.Cc1ccc(C(C)C)cc1.F[P-](F)(F)(F)(F)F.F[P-](F)(F)(F)(F)F.[Cl][Ru+].[Cl][Ru+].c1cnc2c(c1)C(=C1c3cccnc3-c3ncccc31)c1cccnc1-2. The Kier molecular flexibility index (Phi) is 18.7. The zero-order valence-electron chi connectivity index (χ0n) is 34.4. The van der Waals surface area contributed by atoms with Crippen LogP contribution in [0.25, 0.3) is 33.9 Å². The van der Waals surface area contributed by atoms with Gasteiger partial charge < -0.3 is 0 Å². The number of rotatable bonds is 2. The molecule has 2 aliphatic carbocycles. The smallest absolute Gasteiger partial charge is 0.0971 e. The molecular weight excluding hydrogens is 1120 g/mol. The topological polar surface area (TPSA) is 51.6 Å². The van der Waals surface area contributed by atoms with Gasteiger partial charge in [0.1, 0.15) is 0 Å². The van der Waals surface area contributed by atoms with E-state index in [2.05, 4.69) is 154 Å². The predicted molar refractivity (Wildman–Crippen MR) is 229 cm³/mol. The van der Waals surface area contributed by atoms with E-state index in [-0.39, 0.29) is 0 Å². The van der Waals surface area contributed by atoms with Gasteiger partial charge in [-0.25, -0.2) is 0 Å². The summed E-state index contributed by atoms with van der Waals surface area (Å²) in [6.07, 6.45) is 7.30. The van der Waals surface area contributed by atoms with Gasteiger partial charge in [0.05, 0.1) is 22.8 Å². The van der Waals surface area contributed by atoms with Gasteiger partial charge in [0, 0.05) is 58.2 Å². The van der Waals surface area contributed by atoms with Crippen LogP contribution in [0.5, 0.6) is 0 Å². The van der Waals surface area contributed by atoms with Crippen molar-refractivity contribution in [1.29, 1.82) is 0 Å². The molecule has 0 atom stereocenters. The molecule has 0 bridgehead atoms. The average Bonchev–Trinajstić information content (AvgIpc) is 3.70. The van der Waals surface area contributed by atoms with Gasteiger partial charge >= 0.3 is 120 Å². The van der Waals surface area contributed by atoms with E-state index < -0.39 is 15.6 Å². The second kappa shape index (κ2) is 21.1. The Labute approximate surface area is 391 Å². The molecule has 0 spiro atoms. The van der Waals surface area contributed by atoms with Crippen LogP contribution in [0.2, 0.25) is 0 Å². The number of halogens is 14. The number of hydrogen-bond acceptors (Lipinski definition) is 4. The first-order valence-electron chi connectivity index (χ1n) is 18.3. The van der Waals surface area contributed by atoms with Crippen LogP contribution in [0, 0.1) is 13.8 Å². The molecule has 0 saturated heterocycles. The minimum atomic E-state index is -10.7. The average molecular weight is 1160 g/mol. The molecule has 0 amide bonds. The summed E-state index contributed by atoms with van der Waals surface area (Å²) in [4.78, 5) is 18.4. The van der Waals surface area contributed by atoms with Gasteiger partial charge in [-0.15, -0.1) is 0 Å². The van der Waals surface area contributed by atoms with E-state index >= 15 is 0 Å². The second-order valence-electron chi connectivity index (χ2n) is 14.4. The number of aromatic nitrogens is 4. The summed E-state index contributed by atoms with van der Waals surface area (Å²) in [5, 5.41) is 0. The third kappa shape index (κ3) is 20.9. The van der Waals surface area contributed by atoms with Crippen molar-refractivity contribution >= 4 is 46.1 Å². The van der Waals surface area contributed by atoms with E-state index in [0.29, 0.717) is 11.8 Å². The number of fused-ring (bicyclic) bond motifs is 6. The zero-order valence-corrected chi connectivity index (χ0v) is 41.2. The maximum Gasteiger partial charge on any atom is 0.0971 e. The molecule has 22 heteroatoms. The fourth-order valence-electron chi connectivity index (χ4n) is 5.91. The minimum Gasteiger partial charge on any atom is -0.254 e. The Morgan fingerprint density at radius 2 is 0.562 bits per heavy atom. The van der Waals surface area contributed by atoms with Gasteiger partial charge in [-0.1, -0.05) is 112 Å². The summed E-state index contributed by atoms with van der Waals surface area (Å²) in [6, 6.07) is 33.8. The minimum absolute atomic E-state index is 0.653. The quantitative estimate of drug-likeness (QED) is 0.0983. The molecule has 6 aromatic rings. The third-order valence-electron chi connectivity index (χ3n) is 8.49. The van der Waals surface area contributed by atoms with E-state index in [9.17, 15) is 50.4 Å². The summed E-state index contributed by atoms with van der Waals surface area (Å²) >= 11 is 3.64. The first-order valence-corrected chi connectivity index (χ1v) is 26.9. The number of hydrogen-bond donors (Lipinski definition) is 0. The maximum absolute atomic E-state index is 10.7. The van der Waals surface area contributed by atoms with E-state index in [1.54, 1.807) is 0 Å². The van der Waals surface area contributed by atoms with Gasteiger partial charge in [0.2, 0.25) is 0 Å². The normalized spacial score (nSPS) is 13.9. The summed E-state index contributed by atoms with van der Waals surface area (Å²) < 4.78 is 118. The molecule has 0 N–H and O–H groups in total. The molecule has 0 saturated carbocycles. The Morgan fingerprint density at radius 1 is 0.375 bits per heavy atom.